The summed E-state index contributed by atoms with van der Waals surface area (Å²) in [6.45, 7) is 11.5. The number of aliphatic hydroxyl groups is 4. The molecule has 1 aliphatic carbocycles. The van der Waals surface area contributed by atoms with Crippen molar-refractivity contribution in [2.45, 2.75) is 152 Å². The van der Waals surface area contributed by atoms with Crippen molar-refractivity contribution in [2.24, 2.45) is 5.92 Å². The molecule has 0 radical (unpaired) electrons. The predicted molar refractivity (Wildman–Crippen MR) is 175 cm³/mol. The fourth-order valence-electron chi connectivity index (χ4n) is 6.62. The smallest absolute Gasteiger partial charge is 0.407 e. The molecule has 14 nitrogen and oxygen atoms in total. The SMILES string of the molecule is CCCC1=CCC(NCC(O)CCNC(=O)OC(C)(C)C)C(OC2C(NC)CC(CC)C(OC3OCC(C)(O)C(NC)C3O)C2O)O1. The number of allylic oxidation sites excluding steroid dienone is 1. The molecule has 0 bridgehead atoms. The molecule has 0 aromatic rings. The van der Waals surface area contributed by atoms with E-state index in [0.717, 1.165) is 25.0 Å². The minimum atomic E-state index is -1.29. The van der Waals surface area contributed by atoms with Gasteiger partial charge in [-0.15, -0.1) is 0 Å². The average molecular weight is 675 g/mol. The molecular weight excluding hydrogens is 612 g/mol. The summed E-state index contributed by atoms with van der Waals surface area (Å²) in [4.78, 5) is 11.9. The van der Waals surface area contributed by atoms with E-state index in [9.17, 15) is 25.2 Å². The molecule has 14 heteroatoms. The maximum absolute atomic E-state index is 11.9. The van der Waals surface area contributed by atoms with Crippen molar-refractivity contribution in [3.8, 4) is 0 Å². The number of carbonyl (C=O) groups is 1. The van der Waals surface area contributed by atoms with Gasteiger partial charge >= 0.3 is 6.09 Å². The Bertz CT molecular complexity index is 995. The number of amides is 1. The predicted octanol–water partition coefficient (Wildman–Crippen LogP) is 0.856. The summed E-state index contributed by atoms with van der Waals surface area (Å²) >= 11 is 0. The Morgan fingerprint density at radius 2 is 1.79 bits per heavy atom. The summed E-state index contributed by atoms with van der Waals surface area (Å²) in [5.74, 6) is 0.752. The molecule has 12 atom stereocenters. The second-order valence-electron chi connectivity index (χ2n) is 14.3. The molecule has 0 aromatic heterocycles. The van der Waals surface area contributed by atoms with E-state index < -0.39 is 66.4 Å². The van der Waals surface area contributed by atoms with Crippen molar-refractivity contribution >= 4 is 6.09 Å². The Labute approximate surface area is 280 Å². The molecule has 12 unspecified atom stereocenters. The Morgan fingerprint density at radius 3 is 2.40 bits per heavy atom. The monoisotopic (exact) mass is 674 g/mol. The third-order valence-electron chi connectivity index (χ3n) is 9.16. The zero-order chi connectivity index (χ0) is 34.9. The van der Waals surface area contributed by atoms with E-state index in [1.807, 2.05) is 20.0 Å². The first-order valence-corrected chi connectivity index (χ1v) is 17.2. The van der Waals surface area contributed by atoms with Crippen LogP contribution in [0.1, 0.15) is 80.1 Å². The van der Waals surface area contributed by atoms with Crippen LogP contribution in [-0.4, -0.2) is 133 Å². The maximum atomic E-state index is 11.9. The van der Waals surface area contributed by atoms with Crippen molar-refractivity contribution in [3.63, 3.8) is 0 Å². The molecule has 2 heterocycles. The number of hydrogen-bond donors (Lipinski definition) is 8. The Morgan fingerprint density at radius 1 is 1.09 bits per heavy atom. The summed E-state index contributed by atoms with van der Waals surface area (Å²) in [5.41, 5.74) is -1.90. The fraction of sp³-hybridized carbons (Fsp3) is 0.909. The second kappa shape index (κ2) is 17.9. The van der Waals surface area contributed by atoms with Gasteiger partial charge in [-0.25, -0.2) is 4.79 Å². The third kappa shape index (κ3) is 11.2. The van der Waals surface area contributed by atoms with Crippen LogP contribution >= 0.6 is 0 Å². The Balaban J connectivity index is 1.69. The van der Waals surface area contributed by atoms with Gasteiger partial charge in [0.1, 0.15) is 29.5 Å². The molecule has 0 aromatic carbocycles. The molecule has 47 heavy (non-hydrogen) atoms. The van der Waals surface area contributed by atoms with Gasteiger partial charge in [-0.1, -0.05) is 20.3 Å². The van der Waals surface area contributed by atoms with Crippen LogP contribution in [0.4, 0.5) is 4.79 Å². The molecule has 1 saturated carbocycles. The highest BCUT2D eigenvalue weighted by atomic mass is 16.7. The second-order valence-corrected chi connectivity index (χ2v) is 14.3. The zero-order valence-electron chi connectivity index (χ0n) is 29.5. The van der Waals surface area contributed by atoms with Crippen LogP contribution in [0.3, 0.4) is 0 Å². The number of rotatable bonds is 15. The summed E-state index contributed by atoms with van der Waals surface area (Å²) < 4.78 is 30.3. The van der Waals surface area contributed by atoms with E-state index in [1.54, 1.807) is 34.7 Å². The van der Waals surface area contributed by atoms with E-state index in [4.69, 9.17) is 23.7 Å². The zero-order valence-corrected chi connectivity index (χ0v) is 29.5. The van der Waals surface area contributed by atoms with Gasteiger partial charge in [0.25, 0.3) is 0 Å². The minimum Gasteiger partial charge on any atom is -0.468 e. The highest BCUT2D eigenvalue weighted by Crippen LogP contribution is 2.36. The fourth-order valence-corrected chi connectivity index (χ4v) is 6.62. The van der Waals surface area contributed by atoms with Gasteiger partial charge in [0.05, 0.1) is 36.7 Å². The topological polar surface area (TPSA) is 192 Å². The van der Waals surface area contributed by atoms with Crippen LogP contribution in [0.15, 0.2) is 11.8 Å². The summed E-state index contributed by atoms with van der Waals surface area (Å²) in [5, 5.41) is 56.5. The molecular formula is C33H62N4O10. The summed E-state index contributed by atoms with van der Waals surface area (Å²) in [6, 6.07) is -1.22. The van der Waals surface area contributed by atoms with Crippen molar-refractivity contribution in [2.75, 3.05) is 33.8 Å². The van der Waals surface area contributed by atoms with E-state index in [-0.39, 0.29) is 37.7 Å². The van der Waals surface area contributed by atoms with Gasteiger partial charge in [0.2, 0.25) is 6.29 Å². The lowest BCUT2D eigenvalue weighted by Crippen LogP contribution is -2.67. The Hall–Kier alpha value is -1.59. The lowest BCUT2D eigenvalue weighted by atomic mass is 9.77. The molecule has 8 N–H and O–H groups in total. The molecule has 0 spiro atoms. The number of hydrogen-bond acceptors (Lipinski definition) is 13. The molecule has 2 aliphatic heterocycles. The first-order valence-electron chi connectivity index (χ1n) is 17.2. The van der Waals surface area contributed by atoms with E-state index in [0.29, 0.717) is 19.3 Å². The van der Waals surface area contributed by atoms with Crippen LogP contribution in [0.5, 0.6) is 0 Å². The van der Waals surface area contributed by atoms with Crippen LogP contribution < -0.4 is 21.3 Å². The van der Waals surface area contributed by atoms with Gasteiger partial charge in [0, 0.05) is 25.6 Å². The third-order valence-corrected chi connectivity index (χ3v) is 9.16. The maximum Gasteiger partial charge on any atom is 0.407 e. The minimum absolute atomic E-state index is 0.0440. The first-order chi connectivity index (χ1) is 22.1. The molecule has 274 valence electrons. The molecule has 1 saturated heterocycles. The lowest BCUT2D eigenvalue weighted by molar-refractivity contribution is -0.309. The average Bonchev–Trinajstić information content (AvgIpc) is 2.99. The quantitative estimate of drug-likeness (QED) is 0.122. The van der Waals surface area contributed by atoms with Gasteiger partial charge < -0.3 is 65.4 Å². The number of carbonyl (C=O) groups excluding carboxylic acids is 1. The largest absolute Gasteiger partial charge is 0.468 e. The van der Waals surface area contributed by atoms with E-state index >= 15 is 0 Å². The van der Waals surface area contributed by atoms with Crippen molar-refractivity contribution in [1.29, 1.82) is 0 Å². The summed E-state index contributed by atoms with van der Waals surface area (Å²) in [7, 11) is 3.49. The van der Waals surface area contributed by atoms with Crippen molar-refractivity contribution in [3.05, 3.63) is 11.8 Å². The van der Waals surface area contributed by atoms with Gasteiger partial charge in [0.15, 0.2) is 6.29 Å². The normalized spacial score (nSPS) is 37.1. The number of aliphatic hydroxyl groups excluding tert-OH is 3. The van der Waals surface area contributed by atoms with Crippen LogP contribution in [-0.2, 0) is 23.7 Å². The molecule has 3 aliphatic rings. The van der Waals surface area contributed by atoms with Crippen LogP contribution in [0, 0.1) is 5.92 Å². The van der Waals surface area contributed by atoms with Gasteiger partial charge in [-0.2, -0.15) is 0 Å². The number of ether oxygens (including phenoxy) is 5. The van der Waals surface area contributed by atoms with Gasteiger partial charge in [-0.05, 0) is 79.5 Å². The molecule has 3 rings (SSSR count). The highest BCUT2D eigenvalue weighted by Gasteiger charge is 2.51. The lowest BCUT2D eigenvalue weighted by Gasteiger charge is -2.49. The standard InChI is InChI=1S/C33H62N4O10/c1-9-11-21-12-13-22(37-17-20(38)14-15-36-31(41)47-32(3,4)5)29(44-21)46-27-23(34-7)16-19(10-2)26(24(27)39)45-30-25(40)28(35-8)33(6,42)18-43-30/h12,19-20,22-30,34-35,37-40,42H,9-11,13-18H2,1-8H3,(H,36,41). The van der Waals surface area contributed by atoms with Crippen LogP contribution in [0.2, 0.25) is 0 Å². The highest BCUT2D eigenvalue weighted by molar-refractivity contribution is 5.67. The summed E-state index contributed by atoms with van der Waals surface area (Å²) in [6.07, 6.45) is -0.857. The molecule has 1 amide bonds. The van der Waals surface area contributed by atoms with Crippen LogP contribution in [0.25, 0.3) is 0 Å². The van der Waals surface area contributed by atoms with Crippen molar-refractivity contribution in [1.82, 2.24) is 21.3 Å². The van der Waals surface area contributed by atoms with E-state index in [1.165, 1.54) is 0 Å². The number of likely N-dealkylation sites (N-methyl/N-ethyl adjacent to an activating group) is 2. The van der Waals surface area contributed by atoms with E-state index in [2.05, 4.69) is 28.2 Å². The Kier molecular flexibility index (Phi) is 15.2. The first kappa shape index (κ1) is 39.8. The van der Waals surface area contributed by atoms with Crippen molar-refractivity contribution < 1.29 is 48.9 Å². The number of nitrogens with one attached hydrogen (secondary N) is 4. The molecule has 2 fully saturated rings. The van der Waals surface area contributed by atoms with Gasteiger partial charge in [-0.3, -0.25) is 0 Å². The number of alkyl carbamates (subject to hydrolysis) is 1.